The molecule has 1 fully saturated rings. The Balaban J connectivity index is 2.13. The molecule has 88 valence electrons. The highest BCUT2D eigenvalue weighted by molar-refractivity contribution is 5.20. The van der Waals surface area contributed by atoms with Crippen LogP contribution in [-0.4, -0.2) is 18.0 Å². The normalized spacial score (nSPS) is 22.2. The van der Waals surface area contributed by atoms with Crippen LogP contribution in [0, 0.1) is 5.82 Å². The highest BCUT2D eigenvalue weighted by Crippen LogP contribution is 2.30. The number of piperidine rings is 1. The number of likely N-dealkylation sites (tertiary alicyclic amines) is 1. The molecule has 0 N–H and O–H groups in total. The first-order chi connectivity index (χ1) is 7.81. The van der Waals surface area contributed by atoms with Crippen molar-refractivity contribution in [2.24, 2.45) is 0 Å². The minimum absolute atomic E-state index is 0.137. The second-order valence-corrected chi connectivity index (χ2v) is 4.60. The summed E-state index contributed by atoms with van der Waals surface area (Å²) in [5, 5.41) is 0. The quantitative estimate of drug-likeness (QED) is 0.751. The van der Waals surface area contributed by atoms with E-state index in [2.05, 4.69) is 11.8 Å². The summed E-state index contributed by atoms with van der Waals surface area (Å²) in [6.45, 7) is 4.56. The molecular formula is C14H20FN. The number of hydrogen-bond donors (Lipinski definition) is 0. The van der Waals surface area contributed by atoms with Crippen LogP contribution in [0.25, 0.3) is 0 Å². The lowest BCUT2D eigenvalue weighted by Gasteiger charge is -2.35. The van der Waals surface area contributed by atoms with E-state index in [1.54, 1.807) is 12.1 Å². The van der Waals surface area contributed by atoms with Crippen LogP contribution in [-0.2, 0) is 0 Å². The fraction of sp³-hybridized carbons (Fsp3) is 0.571. The number of benzene rings is 1. The summed E-state index contributed by atoms with van der Waals surface area (Å²) in [6, 6.07) is 7.54. The Labute approximate surface area is 97.3 Å². The van der Waals surface area contributed by atoms with Crippen molar-refractivity contribution in [2.45, 2.75) is 38.6 Å². The molecule has 16 heavy (non-hydrogen) atoms. The minimum atomic E-state index is -0.137. The zero-order valence-electron chi connectivity index (χ0n) is 9.95. The summed E-state index contributed by atoms with van der Waals surface area (Å²) in [5.74, 6) is -0.137. The van der Waals surface area contributed by atoms with Gasteiger partial charge in [0.25, 0.3) is 0 Å². The van der Waals surface area contributed by atoms with E-state index in [1.165, 1.54) is 37.8 Å². The summed E-state index contributed by atoms with van der Waals surface area (Å²) in [6.07, 6.45) is 5.00. The molecule has 0 saturated carbocycles. The molecule has 0 aromatic heterocycles. The molecule has 2 heteroatoms. The molecule has 0 unspecified atom stereocenters. The second-order valence-electron chi connectivity index (χ2n) is 4.60. The highest BCUT2D eigenvalue weighted by Gasteiger charge is 2.22. The van der Waals surface area contributed by atoms with Crippen molar-refractivity contribution in [1.29, 1.82) is 0 Å². The summed E-state index contributed by atoms with van der Waals surface area (Å²) in [4.78, 5) is 2.54. The van der Waals surface area contributed by atoms with Crippen LogP contribution >= 0.6 is 0 Å². The highest BCUT2D eigenvalue weighted by atomic mass is 19.1. The van der Waals surface area contributed by atoms with E-state index >= 15 is 0 Å². The fourth-order valence-corrected chi connectivity index (χ4v) is 2.61. The Morgan fingerprint density at radius 1 is 1.25 bits per heavy atom. The molecule has 0 aliphatic carbocycles. The van der Waals surface area contributed by atoms with Gasteiger partial charge in [-0.15, -0.1) is 0 Å². The van der Waals surface area contributed by atoms with Gasteiger partial charge in [-0.1, -0.05) is 25.5 Å². The summed E-state index contributed by atoms with van der Waals surface area (Å²) in [5.41, 5.74) is 1.27. The van der Waals surface area contributed by atoms with Crippen molar-refractivity contribution in [3.63, 3.8) is 0 Å². The monoisotopic (exact) mass is 221 g/mol. The topological polar surface area (TPSA) is 3.24 Å². The van der Waals surface area contributed by atoms with Crippen LogP contribution in [0.15, 0.2) is 24.3 Å². The third-order valence-electron chi connectivity index (χ3n) is 3.38. The average molecular weight is 221 g/mol. The molecule has 1 aliphatic heterocycles. The van der Waals surface area contributed by atoms with Gasteiger partial charge in [0.2, 0.25) is 0 Å². The van der Waals surface area contributed by atoms with Crippen LogP contribution in [0.4, 0.5) is 4.39 Å². The van der Waals surface area contributed by atoms with Crippen molar-refractivity contribution in [3.8, 4) is 0 Å². The van der Waals surface area contributed by atoms with Crippen LogP contribution < -0.4 is 0 Å². The van der Waals surface area contributed by atoms with Crippen LogP contribution in [0.1, 0.15) is 44.2 Å². The van der Waals surface area contributed by atoms with Gasteiger partial charge in [-0.3, -0.25) is 4.90 Å². The van der Waals surface area contributed by atoms with E-state index in [0.29, 0.717) is 6.04 Å². The molecule has 1 nitrogen and oxygen atoms in total. The SMILES string of the molecule is CCCN1CCCC[C@@H]1c1ccc(F)cc1. The van der Waals surface area contributed by atoms with Crippen molar-refractivity contribution in [2.75, 3.05) is 13.1 Å². The lowest BCUT2D eigenvalue weighted by atomic mass is 9.95. The van der Waals surface area contributed by atoms with Gasteiger partial charge >= 0.3 is 0 Å². The van der Waals surface area contributed by atoms with Gasteiger partial charge in [0.05, 0.1) is 0 Å². The number of rotatable bonds is 3. The van der Waals surface area contributed by atoms with Gasteiger partial charge in [-0.05, 0) is 50.0 Å². The number of hydrogen-bond acceptors (Lipinski definition) is 1. The van der Waals surface area contributed by atoms with Gasteiger partial charge in [0.15, 0.2) is 0 Å². The molecule has 1 heterocycles. The van der Waals surface area contributed by atoms with Crippen LogP contribution in [0.2, 0.25) is 0 Å². The Kier molecular flexibility index (Phi) is 3.94. The van der Waals surface area contributed by atoms with E-state index < -0.39 is 0 Å². The second kappa shape index (κ2) is 5.44. The summed E-state index contributed by atoms with van der Waals surface area (Å²) in [7, 11) is 0. The first-order valence-corrected chi connectivity index (χ1v) is 6.31. The smallest absolute Gasteiger partial charge is 0.123 e. The maximum Gasteiger partial charge on any atom is 0.123 e. The Hall–Kier alpha value is -0.890. The first kappa shape index (κ1) is 11.6. The average Bonchev–Trinajstić information content (AvgIpc) is 2.32. The third-order valence-corrected chi connectivity index (χ3v) is 3.38. The van der Waals surface area contributed by atoms with E-state index in [-0.39, 0.29) is 5.82 Å². The third kappa shape index (κ3) is 2.62. The molecular weight excluding hydrogens is 201 g/mol. The maximum absolute atomic E-state index is 12.9. The summed E-state index contributed by atoms with van der Waals surface area (Å²) >= 11 is 0. The van der Waals surface area contributed by atoms with E-state index in [1.807, 2.05) is 12.1 Å². The van der Waals surface area contributed by atoms with Gasteiger partial charge in [-0.25, -0.2) is 4.39 Å². The Morgan fingerprint density at radius 3 is 2.69 bits per heavy atom. The Bertz CT molecular complexity index is 318. The number of halogens is 1. The molecule has 1 atom stereocenters. The predicted octanol–water partition coefficient (Wildman–Crippen LogP) is 3.76. The number of nitrogens with zero attached hydrogens (tertiary/aromatic N) is 1. The largest absolute Gasteiger partial charge is 0.296 e. The van der Waals surface area contributed by atoms with Crippen LogP contribution in [0.5, 0.6) is 0 Å². The maximum atomic E-state index is 12.9. The van der Waals surface area contributed by atoms with Crippen molar-refractivity contribution >= 4 is 0 Å². The minimum Gasteiger partial charge on any atom is -0.296 e. The molecule has 0 bridgehead atoms. The van der Waals surface area contributed by atoms with Crippen molar-refractivity contribution in [1.82, 2.24) is 4.90 Å². The van der Waals surface area contributed by atoms with Gasteiger partial charge in [-0.2, -0.15) is 0 Å². The van der Waals surface area contributed by atoms with E-state index in [9.17, 15) is 4.39 Å². The fourth-order valence-electron chi connectivity index (χ4n) is 2.61. The van der Waals surface area contributed by atoms with E-state index in [4.69, 9.17) is 0 Å². The summed E-state index contributed by atoms with van der Waals surface area (Å²) < 4.78 is 12.9. The molecule has 0 amide bonds. The molecule has 2 rings (SSSR count). The molecule has 0 radical (unpaired) electrons. The molecule has 0 spiro atoms. The van der Waals surface area contributed by atoms with Gasteiger partial charge < -0.3 is 0 Å². The molecule has 1 saturated heterocycles. The zero-order valence-corrected chi connectivity index (χ0v) is 9.95. The lowest BCUT2D eigenvalue weighted by molar-refractivity contribution is 0.149. The first-order valence-electron chi connectivity index (χ1n) is 6.31. The molecule has 1 aromatic carbocycles. The molecule has 1 aliphatic rings. The molecule has 1 aromatic rings. The Morgan fingerprint density at radius 2 is 2.00 bits per heavy atom. The predicted molar refractivity (Wildman–Crippen MR) is 64.9 cm³/mol. The van der Waals surface area contributed by atoms with Gasteiger partial charge in [0, 0.05) is 6.04 Å². The van der Waals surface area contributed by atoms with Crippen molar-refractivity contribution < 1.29 is 4.39 Å². The van der Waals surface area contributed by atoms with Crippen molar-refractivity contribution in [3.05, 3.63) is 35.6 Å². The van der Waals surface area contributed by atoms with Crippen LogP contribution in [0.3, 0.4) is 0 Å². The van der Waals surface area contributed by atoms with E-state index in [0.717, 1.165) is 6.54 Å². The lowest BCUT2D eigenvalue weighted by Crippen LogP contribution is -2.33. The van der Waals surface area contributed by atoms with Gasteiger partial charge in [0.1, 0.15) is 5.82 Å². The zero-order chi connectivity index (χ0) is 11.4. The standard InChI is InChI=1S/C14H20FN/c1-2-10-16-11-4-3-5-14(16)12-6-8-13(15)9-7-12/h6-9,14H,2-5,10-11H2,1H3/t14-/m1/s1.